The first-order valence-electron chi connectivity index (χ1n) is 8.44. The average molecular weight is 412 g/mol. The number of dihydropyridines is 1. The highest BCUT2D eigenvalue weighted by molar-refractivity contribution is 7.96. The highest BCUT2D eigenvalue weighted by Crippen LogP contribution is 2.42. The molecule has 0 saturated heterocycles. The number of benzene rings is 1. The second-order valence-corrected chi connectivity index (χ2v) is 11.2. The lowest BCUT2D eigenvalue weighted by Crippen LogP contribution is -2.39. The van der Waals surface area contributed by atoms with Gasteiger partial charge in [0.2, 0.25) is 0 Å². The first kappa shape index (κ1) is 19.6. The molecule has 146 valence electrons. The smallest absolute Gasteiger partial charge is 0.334 e. The molecule has 0 bridgehead atoms. The molecule has 0 aliphatic carbocycles. The standard InChI is InChI=1S/C18H21NO6S2/c1-11-8-26(22,23)10-14-17(27(24,25)9-11)16(13-6-4-3-5-7-13)15(18(20)21)12(2)19-14/h3-7,11,16,19H,8-10H2,1-2H3,(H,20,21). The van der Waals surface area contributed by atoms with Gasteiger partial charge in [0.15, 0.2) is 19.7 Å². The fourth-order valence-corrected chi connectivity index (χ4v) is 7.99. The molecule has 0 amide bonds. The van der Waals surface area contributed by atoms with Gasteiger partial charge >= 0.3 is 5.97 Å². The third-order valence-corrected chi connectivity index (χ3v) is 8.66. The number of carboxylic acid groups (broad SMARTS) is 1. The van der Waals surface area contributed by atoms with Gasteiger partial charge in [-0.2, -0.15) is 0 Å². The van der Waals surface area contributed by atoms with E-state index in [2.05, 4.69) is 5.32 Å². The van der Waals surface area contributed by atoms with Crippen molar-refractivity contribution in [2.75, 3.05) is 17.3 Å². The summed E-state index contributed by atoms with van der Waals surface area (Å²) in [7, 11) is -7.41. The molecule has 0 spiro atoms. The Kier molecular flexibility index (Phi) is 4.94. The van der Waals surface area contributed by atoms with Crippen molar-refractivity contribution in [2.24, 2.45) is 5.92 Å². The summed E-state index contributed by atoms with van der Waals surface area (Å²) in [5.41, 5.74) is 0.707. The number of hydrogen-bond acceptors (Lipinski definition) is 6. The van der Waals surface area contributed by atoms with Crippen LogP contribution in [0.3, 0.4) is 0 Å². The van der Waals surface area contributed by atoms with E-state index in [1.807, 2.05) is 0 Å². The van der Waals surface area contributed by atoms with Crippen molar-refractivity contribution in [1.29, 1.82) is 0 Å². The fraction of sp³-hybridized carbons (Fsp3) is 0.389. The number of aliphatic carboxylic acids is 1. The van der Waals surface area contributed by atoms with Crippen molar-refractivity contribution in [1.82, 2.24) is 5.32 Å². The van der Waals surface area contributed by atoms with Crippen LogP contribution in [-0.4, -0.2) is 45.2 Å². The first-order chi connectivity index (χ1) is 12.5. The molecule has 1 aromatic rings. The highest BCUT2D eigenvalue weighted by atomic mass is 32.2. The minimum Gasteiger partial charge on any atom is -0.478 e. The summed E-state index contributed by atoms with van der Waals surface area (Å²) >= 11 is 0. The van der Waals surface area contributed by atoms with Crippen LogP contribution in [0.5, 0.6) is 0 Å². The zero-order valence-corrected chi connectivity index (χ0v) is 16.6. The number of hydrogen-bond donors (Lipinski definition) is 2. The zero-order chi connectivity index (χ0) is 20.0. The van der Waals surface area contributed by atoms with Gasteiger partial charge in [-0.15, -0.1) is 0 Å². The first-order valence-corrected chi connectivity index (χ1v) is 11.9. The van der Waals surface area contributed by atoms with Crippen LogP contribution >= 0.6 is 0 Å². The van der Waals surface area contributed by atoms with E-state index in [0.29, 0.717) is 5.56 Å². The predicted octanol–water partition coefficient (Wildman–Crippen LogP) is 1.42. The topological polar surface area (TPSA) is 118 Å². The van der Waals surface area contributed by atoms with Gasteiger partial charge in [-0.3, -0.25) is 0 Å². The van der Waals surface area contributed by atoms with Gasteiger partial charge < -0.3 is 10.4 Å². The third kappa shape index (κ3) is 3.79. The van der Waals surface area contributed by atoms with Crippen molar-refractivity contribution in [3.63, 3.8) is 0 Å². The van der Waals surface area contributed by atoms with Gasteiger partial charge in [-0.1, -0.05) is 37.3 Å². The van der Waals surface area contributed by atoms with Crippen LogP contribution in [0.15, 0.2) is 52.2 Å². The van der Waals surface area contributed by atoms with E-state index in [9.17, 15) is 26.7 Å². The van der Waals surface area contributed by atoms with Crippen molar-refractivity contribution in [3.05, 3.63) is 57.8 Å². The predicted molar refractivity (Wildman–Crippen MR) is 101 cm³/mol. The molecule has 2 aliphatic rings. The van der Waals surface area contributed by atoms with Crippen LogP contribution in [0.1, 0.15) is 25.3 Å². The van der Waals surface area contributed by atoms with E-state index in [0.717, 1.165) is 0 Å². The van der Waals surface area contributed by atoms with E-state index in [-0.39, 0.29) is 33.4 Å². The monoisotopic (exact) mass is 411 g/mol. The Bertz CT molecular complexity index is 1050. The summed E-state index contributed by atoms with van der Waals surface area (Å²) in [5.74, 6) is -3.90. The minimum absolute atomic E-state index is 0.0539. The Morgan fingerprint density at radius 3 is 2.33 bits per heavy atom. The van der Waals surface area contributed by atoms with Crippen LogP contribution in [0.2, 0.25) is 0 Å². The van der Waals surface area contributed by atoms with E-state index in [4.69, 9.17) is 0 Å². The average Bonchev–Trinajstić information content (AvgIpc) is 2.51. The lowest BCUT2D eigenvalue weighted by Gasteiger charge is -2.33. The number of allylic oxidation sites excluding steroid dienone is 2. The Balaban J connectivity index is 2.33. The molecule has 2 atom stereocenters. The van der Waals surface area contributed by atoms with Gasteiger partial charge in [0.1, 0.15) is 0 Å². The Labute approximate surface area is 158 Å². The molecule has 2 N–H and O–H groups in total. The van der Waals surface area contributed by atoms with Crippen LogP contribution in [0.4, 0.5) is 0 Å². The Morgan fingerprint density at radius 2 is 1.74 bits per heavy atom. The lowest BCUT2D eigenvalue weighted by molar-refractivity contribution is -0.133. The maximum absolute atomic E-state index is 13.2. The van der Waals surface area contributed by atoms with Crippen LogP contribution < -0.4 is 5.32 Å². The molecule has 27 heavy (non-hydrogen) atoms. The molecule has 0 fully saturated rings. The summed E-state index contributed by atoms with van der Waals surface area (Å²) < 4.78 is 51.2. The number of sulfone groups is 2. The number of carbonyl (C=O) groups is 1. The Hall–Kier alpha value is -2.13. The SMILES string of the molecule is CC1=C(C(=O)O)C(c2ccccc2)C2=C(CS(=O)(=O)CC(C)CS2(=O)=O)N1. The molecule has 9 heteroatoms. The van der Waals surface area contributed by atoms with Crippen molar-refractivity contribution >= 4 is 25.6 Å². The summed E-state index contributed by atoms with van der Waals surface area (Å²) in [6.07, 6.45) is 0. The molecular formula is C18H21NO6S2. The maximum atomic E-state index is 13.2. The van der Waals surface area contributed by atoms with Crippen LogP contribution in [0.25, 0.3) is 0 Å². The number of rotatable bonds is 2. The Morgan fingerprint density at radius 1 is 1.11 bits per heavy atom. The number of carboxylic acids is 1. The van der Waals surface area contributed by atoms with Gasteiger partial charge in [0, 0.05) is 11.4 Å². The summed E-state index contributed by atoms with van der Waals surface area (Å²) in [5, 5.41) is 12.5. The second-order valence-electron chi connectivity index (χ2n) is 7.10. The minimum atomic E-state index is -3.87. The molecule has 2 aliphatic heterocycles. The van der Waals surface area contributed by atoms with Crippen molar-refractivity contribution < 1.29 is 26.7 Å². The van der Waals surface area contributed by atoms with Crippen LogP contribution in [-0.2, 0) is 24.5 Å². The second kappa shape index (κ2) is 6.79. The summed E-state index contributed by atoms with van der Waals surface area (Å²) in [6, 6.07) is 8.45. The van der Waals surface area contributed by atoms with E-state index >= 15 is 0 Å². The highest BCUT2D eigenvalue weighted by Gasteiger charge is 2.43. The van der Waals surface area contributed by atoms with Gasteiger partial charge in [0.05, 0.1) is 33.7 Å². The molecule has 0 radical (unpaired) electrons. The molecule has 0 saturated carbocycles. The zero-order valence-electron chi connectivity index (χ0n) is 15.0. The molecule has 2 heterocycles. The lowest BCUT2D eigenvalue weighted by atomic mass is 9.86. The van der Waals surface area contributed by atoms with E-state index in [1.165, 1.54) is 6.92 Å². The largest absolute Gasteiger partial charge is 0.478 e. The molecule has 7 nitrogen and oxygen atoms in total. The van der Waals surface area contributed by atoms with Crippen LogP contribution in [0, 0.1) is 5.92 Å². The van der Waals surface area contributed by atoms with Crippen molar-refractivity contribution in [3.8, 4) is 0 Å². The summed E-state index contributed by atoms with van der Waals surface area (Å²) in [6.45, 7) is 3.09. The summed E-state index contributed by atoms with van der Waals surface area (Å²) in [4.78, 5) is 11.8. The van der Waals surface area contributed by atoms with Crippen molar-refractivity contribution in [2.45, 2.75) is 19.8 Å². The molecule has 2 unspecified atom stereocenters. The molecular weight excluding hydrogens is 390 g/mol. The molecule has 0 aromatic heterocycles. The van der Waals surface area contributed by atoms with Gasteiger partial charge in [0.25, 0.3) is 0 Å². The van der Waals surface area contributed by atoms with E-state index in [1.54, 1.807) is 37.3 Å². The molecule has 1 aromatic carbocycles. The fourth-order valence-electron chi connectivity index (χ4n) is 3.82. The third-order valence-electron chi connectivity index (χ3n) is 4.70. The molecule has 3 rings (SSSR count). The number of nitrogens with one attached hydrogen (secondary N) is 1. The normalized spacial score (nSPS) is 27.2. The maximum Gasteiger partial charge on any atom is 0.334 e. The quantitative estimate of drug-likeness (QED) is 0.756. The van der Waals surface area contributed by atoms with Gasteiger partial charge in [-0.25, -0.2) is 21.6 Å². The van der Waals surface area contributed by atoms with Gasteiger partial charge in [-0.05, 0) is 18.4 Å². The van der Waals surface area contributed by atoms with E-state index < -0.39 is 43.2 Å².